The van der Waals surface area contributed by atoms with Crippen LogP contribution in [-0.4, -0.2) is 55.2 Å². The van der Waals surface area contributed by atoms with Crippen molar-refractivity contribution in [3.8, 4) is 0 Å². The fourth-order valence-corrected chi connectivity index (χ4v) is 3.66. The Balaban J connectivity index is 1.91. The van der Waals surface area contributed by atoms with Crippen LogP contribution >= 0.6 is 0 Å². The highest BCUT2D eigenvalue weighted by Gasteiger charge is 2.35. The van der Waals surface area contributed by atoms with Crippen LogP contribution in [0.15, 0.2) is 0 Å². The molecule has 2 atom stereocenters. The monoisotopic (exact) mass is 290 g/mol. The van der Waals surface area contributed by atoms with Crippen molar-refractivity contribution >= 4 is 15.9 Å². The maximum atomic E-state index is 12.1. The molecule has 0 aromatic rings. The molecule has 7 heteroatoms. The highest BCUT2D eigenvalue weighted by Crippen LogP contribution is 2.32. The Labute approximate surface area is 114 Å². The summed E-state index contributed by atoms with van der Waals surface area (Å²) in [5.74, 6) is 0.0162. The molecule has 1 saturated heterocycles. The molecule has 2 aliphatic rings. The summed E-state index contributed by atoms with van der Waals surface area (Å²) in [5, 5.41) is 12.4. The van der Waals surface area contributed by atoms with Crippen molar-refractivity contribution in [3.05, 3.63) is 0 Å². The fourth-order valence-electron chi connectivity index (χ4n) is 2.53. The van der Waals surface area contributed by atoms with E-state index in [1.807, 2.05) is 0 Å². The quantitative estimate of drug-likeness (QED) is 0.727. The van der Waals surface area contributed by atoms with Gasteiger partial charge in [0.2, 0.25) is 15.9 Å². The highest BCUT2D eigenvalue weighted by molar-refractivity contribution is 7.88. The van der Waals surface area contributed by atoms with Gasteiger partial charge in [0.1, 0.15) is 6.04 Å². The molecule has 1 aliphatic heterocycles. The van der Waals surface area contributed by atoms with Crippen LogP contribution < -0.4 is 5.32 Å². The fraction of sp³-hybridized carbons (Fsp3) is 0.917. The van der Waals surface area contributed by atoms with Crippen LogP contribution in [0, 0.1) is 5.92 Å². The summed E-state index contributed by atoms with van der Waals surface area (Å²) in [5.41, 5.74) is 0. The van der Waals surface area contributed by atoms with Gasteiger partial charge in [0.25, 0.3) is 0 Å². The zero-order valence-electron chi connectivity index (χ0n) is 11.2. The van der Waals surface area contributed by atoms with Gasteiger partial charge in [0.05, 0.1) is 12.4 Å². The molecule has 1 saturated carbocycles. The second-order valence-corrected chi connectivity index (χ2v) is 7.47. The third-order valence-electron chi connectivity index (χ3n) is 3.83. The minimum absolute atomic E-state index is 0.220. The molecule has 2 N–H and O–H groups in total. The number of hydrogen-bond acceptors (Lipinski definition) is 4. The van der Waals surface area contributed by atoms with Crippen LogP contribution in [0.3, 0.4) is 0 Å². The van der Waals surface area contributed by atoms with Crippen LogP contribution in [-0.2, 0) is 14.8 Å². The minimum Gasteiger partial charge on any atom is -0.391 e. The second-order valence-electron chi connectivity index (χ2n) is 5.54. The molecule has 2 rings (SSSR count). The van der Waals surface area contributed by atoms with E-state index in [1.54, 1.807) is 0 Å². The molecule has 19 heavy (non-hydrogen) atoms. The Bertz CT molecular complexity index is 433. The van der Waals surface area contributed by atoms with Gasteiger partial charge in [-0.05, 0) is 31.6 Å². The molecular weight excluding hydrogens is 268 g/mol. The summed E-state index contributed by atoms with van der Waals surface area (Å²) < 4.78 is 24.6. The van der Waals surface area contributed by atoms with Crippen LogP contribution in [0.25, 0.3) is 0 Å². The predicted octanol–water partition coefficient (Wildman–Crippen LogP) is -0.312. The van der Waals surface area contributed by atoms with Gasteiger partial charge in [-0.1, -0.05) is 6.42 Å². The number of hydrogen-bond donors (Lipinski definition) is 2. The number of sulfonamides is 1. The van der Waals surface area contributed by atoms with E-state index in [9.17, 15) is 18.3 Å². The third-order valence-corrected chi connectivity index (χ3v) is 5.12. The first kappa shape index (κ1) is 14.7. The Morgan fingerprint density at radius 2 is 2.05 bits per heavy atom. The van der Waals surface area contributed by atoms with E-state index in [-0.39, 0.29) is 12.5 Å². The molecule has 0 radical (unpaired) electrons. The smallest absolute Gasteiger partial charge is 0.238 e. The Kier molecular flexibility index (Phi) is 4.47. The number of nitrogens with zero attached hydrogens (tertiary/aromatic N) is 1. The summed E-state index contributed by atoms with van der Waals surface area (Å²) in [4.78, 5) is 12.1. The number of aliphatic hydroxyl groups is 1. The molecule has 0 aromatic heterocycles. The number of rotatable bonds is 5. The van der Waals surface area contributed by atoms with Gasteiger partial charge in [0.15, 0.2) is 0 Å². The van der Waals surface area contributed by atoms with E-state index in [4.69, 9.17) is 0 Å². The van der Waals surface area contributed by atoms with E-state index in [2.05, 4.69) is 5.32 Å². The first-order valence-electron chi connectivity index (χ1n) is 6.82. The van der Waals surface area contributed by atoms with Crippen molar-refractivity contribution < 1.29 is 18.3 Å². The Morgan fingerprint density at radius 1 is 1.37 bits per heavy atom. The lowest BCUT2D eigenvalue weighted by molar-refractivity contribution is -0.126. The minimum atomic E-state index is -3.35. The van der Waals surface area contributed by atoms with E-state index in [0.29, 0.717) is 18.9 Å². The van der Waals surface area contributed by atoms with Gasteiger partial charge in [-0.25, -0.2) is 8.42 Å². The number of carbonyl (C=O) groups excluding carboxylic acids is 1. The van der Waals surface area contributed by atoms with Crippen LogP contribution in [0.5, 0.6) is 0 Å². The number of amides is 1. The molecule has 110 valence electrons. The van der Waals surface area contributed by atoms with Gasteiger partial charge < -0.3 is 10.4 Å². The van der Waals surface area contributed by atoms with Gasteiger partial charge in [-0.2, -0.15) is 4.31 Å². The summed E-state index contributed by atoms with van der Waals surface area (Å²) in [6.07, 6.45) is 4.86. The molecular formula is C12H22N2O4S. The van der Waals surface area contributed by atoms with Gasteiger partial charge in [-0.15, -0.1) is 0 Å². The molecule has 1 aliphatic carbocycles. The lowest BCUT2D eigenvalue weighted by Crippen LogP contribution is -2.52. The second kappa shape index (κ2) is 5.76. The summed E-state index contributed by atoms with van der Waals surface area (Å²) >= 11 is 0. The van der Waals surface area contributed by atoms with Crippen LogP contribution in [0.4, 0.5) is 0 Å². The van der Waals surface area contributed by atoms with Crippen molar-refractivity contribution in [2.24, 2.45) is 5.92 Å². The van der Waals surface area contributed by atoms with Crippen LogP contribution in [0.2, 0.25) is 0 Å². The Hall–Kier alpha value is -0.660. The topological polar surface area (TPSA) is 86.7 Å². The molecule has 2 fully saturated rings. The van der Waals surface area contributed by atoms with Crippen molar-refractivity contribution in [3.63, 3.8) is 0 Å². The van der Waals surface area contributed by atoms with E-state index < -0.39 is 22.2 Å². The maximum Gasteiger partial charge on any atom is 0.238 e. The maximum absolute atomic E-state index is 12.1. The molecule has 1 amide bonds. The third kappa shape index (κ3) is 3.90. The first-order chi connectivity index (χ1) is 8.89. The number of aliphatic hydroxyl groups excluding tert-OH is 1. The van der Waals surface area contributed by atoms with Gasteiger partial charge in [-0.3, -0.25) is 4.79 Å². The van der Waals surface area contributed by atoms with E-state index in [1.165, 1.54) is 4.31 Å². The number of carbonyl (C=O) groups is 1. The van der Waals surface area contributed by atoms with Crippen molar-refractivity contribution in [1.82, 2.24) is 9.62 Å². The number of nitrogens with one attached hydrogen (secondary N) is 1. The lowest BCUT2D eigenvalue weighted by Gasteiger charge is -2.32. The molecule has 6 nitrogen and oxygen atoms in total. The molecule has 1 heterocycles. The largest absolute Gasteiger partial charge is 0.391 e. The predicted molar refractivity (Wildman–Crippen MR) is 70.9 cm³/mol. The standard InChI is InChI=1S/C12H22N2O4S/c1-19(17,18)14-7-3-2-4-10(14)12(16)13-8-11(15)9-5-6-9/h9-11,15H,2-8H2,1H3,(H,13,16). The lowest BCUT2D eigenvalue weighted by atomic mass is 10.0. The molecule has 2 unspecified atom stereocenters. The zero-order chi connectivity index (χ0) is 14.0. The van der Waals surface area contributed by atoms with Crippen LogP contribution in [0.1, 0.15) is 32.1 Å². The summed E-state index contributed by atoms with van der Waals surface area (Å²) in [7, 11) is -3.35. The normalized spacial score (nSPS) is 26.9. The molecule has 0 spiro atoms. The van der Waals surface area contributed by atoms with Crippen molar-refractivity contribution in [2.45, 2.75) is 44.2 Å². The zero-order valence-corrected chi connectivity index (χ0v) is 12.0. The summed E-state index contributed by atoms with van der Waals surface area (Å²) in [6.45, 7) is 0.625. The average Bonchev–Trinajstić information content (AvgIpc) is 3.18. The van der Waals surface area contributed by atoms with E-state index >= 15 is 0 Å². The van der Waals surface area contributed by atoms with E-state index in [0.717, 1.165) is 31.9 Å². The Morgan fingerprint density at radius 3 is 2.63 bits per heavy atom. The average molecular weight is 290 g/mol. The molecule has 0 bridgehead atoms. The highest BCUT2D eigenvalue weighted by atomic mass is 32.2. The SMILES string of the molecule is CS(=O)(=O)N1CCCCC1C(=O)NCC(O)C1CC1. The summed E-state index contributed by atoms with van der Waals surface area (Å²) in [6, 6.07) is -0.616. The van der Waals surface area contributed by atoms with Gasteiger partial charge >= 0.3 is 0 Å². The number of piperidine rings is 1. The van der Waals surface area contributed by atoms with Crippen molar-refractivity contribution in [1.29, 1.82) is 0 Å². The van der Waals surface area contributed by atoms with Gasteiger partial charge in [0, 0.05) is 13.1 Å². The molecule has 0 aromatic carbocycles. The van der Waals surface area contributed by atoms with Crippen molar-refractivity contribution in [2.75, 3.05) is 19.3 Å². The first-order valence-corrected chi connectivity index (χ1v) is 8.67.